The Hall–Kier alpha value is -1.12. The van der Waals surface area contributed by atoms with E-state index in [4.69, 9.17) is 4.74 Å². The van der Waals surface area contributed by atoms with Gasteiger partial charge in [0.1, 0.15) is 5.75 Å². The van der Waals surface area contributed by atoms with Crippen molar-refractivity contribution in [3.63, 3.8) is 0 Å². The summed E-state index contributed by atoms with van der Waals surface area (Å²) in [5.41, 5.74) is 1.21. The standard InChI is InChI=1S/C16H20BrN3O2S2/c1-4-11-5-6-13(12(17)7-11)22-8-14(21)18-15-19-20-16(24-15)23-9-10(2)3/h5-7,10H,4,8-9H2,1-3H3,(H,18,19,21). The molecule has 5 nitrogen and oxygen atoms in total. The second-order valence-corrected chi connectivity index (χ2v) is 8.63. The molecule has 0 unspecified atom stereocenters. The quantitative estimate of drug-likeness (QED) is 0.489. The van der Waals surface area contributed by atoms with E-state index in [1.807, 2.05) is 18.2 Å². The van der Waals surface area contributed by atoms with Crippen LogP contribution < -0.4 is 10.1 Å². The summed E-state index contributed by atoms with van der Waals surface area (Å²) >= 11 is 6.48. The number of nitrogens with one attached hydrogen (secondary N) is 1. The molecule has 24 heavy (non-hydrogen) atoms. The van der Waals surface area contributed by atoms with Gasteiger partial charge in [-0.3, -0.25) is 10.1 Å². The fourth-order valence-electron chi connectivity index (χ4n) is 1.74. The number of ether oxygens (including phenoxy) is 1. The zero-order valence-corrected chi connectivity index (χ0v) is 17.1. The summed E-state index contributed by atoms with van der Waals surface area (Å²) in [5, 5.41) is 11.3. The van der Waals surface area contributed by atoms with E-state index in [2.05, 4.69) is 52.2 Å². The Morgan fingerprint density at radius 1 is 1.42 bits per heavy atom. The number of halogens is 1. The number of hydrogen-bond acceptors (Lipinski definition) is 6. The van der Waals surface area contributed by atoms with Gasteiger partial charge in [0, 0.05) is 5.75 Å². The Balaban J connectivity index is 1.83. The van der Waals surface area contributed by atoms with Gasteiger partial charge in [-0.1, -0.05) is 49.9 Å². The molecule has 1 N–H and O–H groups in total. The second kappa shape index (κ2) is 9.39. The van der Waals surface area contributed by atoms with Crippen LogP contribution in [-0.2, 0) is 11.2 Å². The monoisotopic (exact) mass is 429 g/mol. The first kappa shape index (κ1) is 19.2. The predicted octanol–water partition coefficient (Wildman–Crippen LogP) is 4.63. The van der Waals surface area contributed by atoms with Crippen LogP contribution >= 0.6 is 39.0 Å². The van der Waals surface area contributed by atoms with Gasteiger partial charge < -0.3 is 4.74 Å². The number of carbonyl (C=O) groups is 1. The number of carbonyl (C=O) groups excluding carboxylic acids is 1. The third-order valence-electron chi connectivity index (χ3n) is 2.96. The molecular formula is C16H20BrN3O2S2. The van der Waals surface area contributed by atoms with Crippen LogP contribution in [0.1, 0.15) is 26.3 Å². The van der Waals surface area contributed by atoms with E-state index < -0.39 is 0 Å². The van der Waals surface area contributed by atoms with Crippen molar-refractivity contribution in [2.24, 2.45) is 5.92 Å². The molecule has 0 bridgehead atoms. The van der Waals surface area contributed by atoms with Crippen molar-refractivity contribution in [1.82, 2.24) is 10.2 Å². The molecule has 0 atom stereocenters. The van der Waals surface area contributed by atoms with Gasteiger partial charge in [-0.25, -0.2) is 0 Å². The normalized spacial score (nSPS) is 10.9. The zero-order chi connectivity index (χ0) is 17.5. The summed E-state index contributed by atoms with van der Waals surface area (Å²) in [6.45, 7) is 6.32. The lowest BCUT2D eigenvalue weighted by atomic mass is 10.2. The smallest absolute Gasteiger partial charge is 0.264 e. The summed E-state index contributed by atoms with van der Waals surface area (Å²) in [7, 11) is 0. The minimum absolute atomic E-state index is 0.0713. The Morgan fingerprint density at radius 2 is 2.21 bits per heavy atom. The van der Waals surface area contributed by atoms with Crippen LogP contribution in [0.5, 0.6) is 5.75 Å². The highest BCUT2D eigenvalue weighted by Gasteiger charge is 2.11. The molecule has 0 aliphatic rings. The van der Waals surface area contributed by atoms with E-state index in [1.165, 1.54) is 16.9 Å². The lowest BCUT2D eigenvalue weighted by Crippen LogP contribution is -2.20. The molecule has 2 rings (SSSR count). The Kier molecular flexibility index (Phi) is 7.51. The Bertz CT molecular complexity index is 692. The van der Waals surface area contributed by atoms with Crippen LogP contribution in [0, 0.1) is 5.92 Å². The van der Waals surface area contributed by atoms with Gasteiger partial charge >= 0.3 is 0 Å². The average Bonchev–Trinajstić information content (AvgIpc) is 2.99. The first-order valence-electron chi connectivity index (χ1n) is 7.65. The van der Waals surface area contributed by atoms with Gasteiger partial charge in [0.05, 0.1) is 4.47 Å². The summed E-state index contributed by atoms with van der Waals surface area (Å²) in [5.74, 6) is 1.96. The first-order chi connectivity index (χ1) is 11.5. The van der Waals surface area contributed by atoms with E-state index in [9.17, 15) is 4.79 Å². The van der Waals surface area contributed by atoms with E-state index in [-0.39, 0.29) is 12.5 Å². The maximum atomic E-state index is 12.0. The van der Waals surface area contributed by atoms with Gasteiger partial charge in [-0.05, 0) is 46.0 Å². The molecule has 0 radical (unpaired) electrons. The van der Waals surface area contributed by atoms with Gasteiger partial charge in [-0.2, -0.15) is 0 Å². The Morgan fingerprint density at radius 3 is 2.88 bits per heavy atom. The molecule has 0 saturated carbocycles. The number of amides is 1. The molecule has 0 aliphatic carbocycles. The van der Waals surface area contributed by atoms with Crippen molar-refractivity contribution in [2.75, 3.05) is 17.7 Å². The number of thioether (sulfide) groups is 1. The highest BCUT2D eigenvalue weighted by atomic mass is 79.9. The van der Waals surface area contributed by atoms with Crippen molar-refractivity contribution in [3.05, 3.63) is 28.2 Å². The van der Waals surface area contributed by atoms with Crippen LogP contribution in [-0.4, -0.2) is 28.5 Å². The van der Waals surface area contributed by atoms with E-state index >= 15 is 0 Å². The Labute approximate surface area is 158 Å². The van der Waals surface area contributed by atoms with Crippen molar-refractivity contribution in [2.45, 2.75) is 31.5 Å². The van der Waals surface area contributed by atoms with E-state index in [1.54, 1.807) is 11.8 Å². The molecule has 1 heterocycles. The van der Waals surface area contributed by atoms with Crippen LogP contribution in [0.3, 0.4) is 0 Å². The topological polar surface area (TPSA) is 64.1 Å². The molecule has 0 spiro atoms. The number of anilines is 1. The molecule has 0 fully saturated rings. The average molecular weight is 430 g/mol. The van der Waals surface area contributed by atoms with Gasteiger partial charge in [0.25, 0.3) is 5.91 Å². The number of benzene rings is 1. The van der Waals surface area contributed by atoms with Crippen molar-refractivity contribution >= 4 is 50.1 Å². The highest BCUT2D eigenvalue weighted by molar-refractivity contribution is 9.10. The number of nitrogens with zero attached hydrogens (tertiary/aromatic N) is 2. The molecular weight excluding hydrogens is 410 g/mol. The van der Waals surface area contributed by atoms with Crippen LogP contribution in [0.4, 0.5) is 5.13 Å². The number of hydrogen-bond donors (Lipinski definition) is 1. The summed E-state index contributed by atoms with van der Waals surface area (Å²) in [6, 6.07) is 5.85. The van der Waals surface area contributed by atoms with Gasteiger partial charge in [0.2, 0.25) is 5.13 Å². The predicted molar refractivity (Wildman–Crippen MR) is 103 cm³/mol. The number of aryl methyl sites for hydroxylation is 1. The third kappa shape index (κ3) is 6.07. The summed E-state index contributed by atoms with van der Waals surface area (Å²) in [4.78, 5) is 12.0. The fraction of sp³-hybridized carbons (Fsp3) is 0.438. The van der Waals surface area contributed by atoms with Gasteiger partial charge in [0.15, 0.2) is 10.9 Å². The second-order valence-electron chi connectivity index (χ2n) is 5.53. The largest absolute Gasteiger partial charge is 0.483 e. The molecule has 8 heteroatoms. The lowest BCUT2D eigenvalue weighted by molar-refractivity contribution is -0.118. The van der Waals surface area contributed by atoms with Crippen molar-refractivity contribution in [1.29, 1.82) is 0 Å². The molecule has 2 aromatic rings. The van der Waals surface area contributed by atoms with Crippen molar-refractivity contribution < 1.29 is 9.53 Å². The number of aromatic nitrogens is 2. The van der Waals surface area contributed by atoms with Crippen molar-refractivity contribution in [3.8, 4) is 5.75 Å². The molecule has 0 aliphatic heterocycles. The molecule has 1 amide bonds. The maximum absolute atomic E-state index is 12.0. The van der Waals surface area contributed by atoms with Gasteiger partial charge in [-0.15, -0.1) is 10.2 Å². The van der Waals surface area contributed by atoms with Crippen LogP contribution in [0.25, 0.3) is 0 Å². The van der Waals surface area contributed by atoms with E-state index in [0.717, 1.165) is 21.0 Å². The zero-order valence-electron chi connectivity index (χ0n) is 13.8. The first-order valence-corrected chi connectivity index (χ1v) is 10.2. The lowest BCUT2D eigenvalue weighted by Gasteiger charge is -2.08. The molecule has 0 saturated heterocycles. The van der Waals surface area contributed by atoms with E-state index in [0.29, 0.717) is 16.8 Å². The van der Waals surface area contributed by atoms with Crippen LogP contribution in [0.15, 0.2) is 27.0 Å². The third-order valence-corrected chi connectivity index (χ3v) is 5.97. The maximum Gasteiger partial charge on any atom is 0.264 e. The molecule has 130 valence electrons. The minimum atomic E-state index is -0.252. The molecule has 1 aromatic heterocycles. The summed E-state index contributed by atoms with van der Waals surface area (Å²) in [6.07, 6.45) is 0.952. The summed E-state index contributed by atoms with van der Waals surface area (Å²) < 4.78 is 7.25. The molecule has 1 aromatic carbocycles. The SMILES string of the molecule is CCc1ccc(OCC(=O)Nc2nnc(SCC(C)C)s2)c(Br)c1. The van der Waals surface area contributed by atoms with Crippen LogP contribution in [0.2, 0.25) is 0 Å². The fourth-order valence-corrected chi connectivity index (χ4v) is 4.02. The number of rotatable bonds is 8. The minimum Gasteiger partial charge on any atom is -0.483 e. The highest BCUT2D eigenvalue weighted by Crippen LogP contribution is 2.28.